The Morgan fingerprint density at radius 2 is 1.55 bits per heavy atom. The van der Waals surface area contributed by atoms with Gasteiger partial charge in [-0.3, -0.25) is 9.59 Å². The molecule has 3 heteroatoms. The maximum absolute atomic E-state index is 12.9. The minimum atomic E-state index is -0.617. The second-order valence-electron chi connectivity index (χ2n) is 6.75. The summed E-state index contributed by atoms with van der Waals surface area (Å²) in [5, 5.41) is 0. The lowest BCUT2D eigenvalue weighted by Gasteiger charge is -2.17. The van der Waals surface area contributed by atoms with Crippen molar-refractivity contribution in [3.8, 4) is 12.3 Å². The van der Waals surface area contributed by atoms with Crippen molar-refractivity contribution in [1.82, 2.24) is 0 Å². The van der Waals surface area contributed by atoms with E-state index in [2.05, 4.69) is 5.92 Å². The van der Waals surface area contributed by atoms with Crippen LogP contribution in [0.5, 0.6) is 0 Å². The molecule has 0 spiro atoms. The molecule has 1 aliphatic carbocycles. The van der Waals surface area contributed by atoms with Crippen LogP contribution >= 0.6 is 0 Å². The van der Waals surface area contributed by atoms with Crippen molar-refractivity contribution in [3.05, 3.63) is 34.4 Å². The number of ketones is 2. The van der Waals surface area contributed by atoms with Gasteiger partial charge in [0, 0.05) is 5.56 Å². The molecule has 4 rings (SSSR count). The molecule has 0 amide bonds. The highest BCUT2D eigenvalue weighted by Gasteiger charge is 2.63. The van der Waals surface area contributed by atoms with Gasteiger partial charge < -0.3 is 4.74 Å². The van der Waals surface area contributed by atoms with Gasteiger partial charge in [-0.25, -0.2) is 0 Å². The van der Waals surface area contributed by atoms with Crippen LogP contribution in [0.1, 0.15) is 41.0 Å². The van der Waals surface area contributed by atoms with Gasteiger partial charge in [0.2, 0.25) is 0 Å². The summed E-state index contributed by atoms with van der Waals surface area (Å²) in [4.78, 5) is 25.8. The van der Waals surface area contributed by atoms with Crippen LogP contribution in [0.2, 0.25) is 0 Å². The number of rotatable bonds is 1. The lowest BCUT2D eigenvalue weighted by atomic mass is 9.81. The van der Waals surface area contributed by atoms with Crippen LogP contribution in [-0.4, -0.2) is 23.8 Å². The topological polar surface area (TPSA) is 43.4 Å². The summed E-state index contributed by atoms with van der Waals surface area (Å²) < 4.78 is 5.79. The van der Waals surface area contributed by atoms with E-state index in [9.17, 15) is 9.59 Å². The number of fused-ring (bicyclic) bond motifs is 5. The summed E-state index contributed by atoms with van der Waals surface area (Å²) in [7, 11) is 0. The second kappa shape index (κ2) is 4.54. The fraction of sp³-hybridized carbons (Fsp3) is 0.474. The highest BCUT2D eigenvalue weighted by molar-refractivity contribution is 6.17. The van der Waals surface area contributed by atoms with E-state index >= 15 is 0 Å². The first-order chi connectivity index (χ1) is 10.5. The largest absolute Gasteiger partial charge is 0.373 e. The molecule has 3 nitrogen and oxygen atoms in total. The summed E-state index contributed by atoms with van der Waals surface area (Å²) in [6.07, 6.45) is 7.20. The third kappa shape index (κ3) is 1.62. The molecule has 3 unspecified atom stereocenters. The Morgan fingerprint density at radius 3 is 2.00 bits per heavy atom. The molecule has 3 aliphatic rings. The van der Waals surface area contributed by atoms with Crippen LogP contribution in [0, 0.1) is 38.0 Å². The smallest absolute Gasteiger partial charge is 0.154 e. The Morgan fingerprint density at radius 1 is 1.05 bits per heavy atom. The first-order valence-corrected chi connectivity index (χ1v) is 7.83. The Balaban J connectivity index is 1.80. The molecular weight excluding hydrogens is 276 g/mol. The zero-order valence-corrected chi connectivity index (χ0v) is 12.8. The number of carbonyl (C=O) groups is 2. The van der Waals surface area contributed by atoms with Crippen LogP contribution < -0.4 is 0 Å². The Kier molecular flexibility index (Phi) is 2.83. The van der Waals surface area contributed by atoms with E-state index < -0.39 is 5.92 Å². The van der Waals surface area contributed by atoms with Crippen molar-refractivity contribution in [2.24, 2.45) is 11.8 Å². The SMILES string of the molecule is C#Cc1cc(C)c(C2C(=O)C3C(C2=O)[C@H]2CC[C@@H]3O2)c(C)c1. The van der Waals surface area contributed by atoms with Crippen LogP contribution in [0.25, 0.3) is 0 Å². The van der Waals surface area contributed by atoms with Crippen molar-refractivity contribution < 1.29 is 14.3 Å². The predicted molar refractivity (Wildman–Crippen MR) is 81.5 cm³/mol. The molecule has 2 bridgehead atoms. The lowest BCUT2D eigenvalue weighted by molar-refractivity contribution is -0.127. The number of terminal acetylenes is 1. The summed E-state index contributed by atoms with van der Waals surface area (Å²) >= 11 is 0. The lowest BCUT2D eigenvalue weighted by Crippen LogP contribution is -2.29. The molecule has 3 fully saturated rings. The number of benzene rings is 1. The second-order valence-corrected chi connectivity index (χ2v) is 6.75. The average molecular weight is 294 g/mol. The van der Waals surface area contributed by atoms with Crippen LogP contribution in [0.4, 0.5) is 0 Å². The fourth-order valence-corrected chi connectivity index (χ4v) is 4.72. The normalized spacial score (nSPS) is 35.8. The Bertz CT molecular complexity index is 689. The van der Waals surface area contributed by atoms with Crippen molar-refractivity contribution >= 4 is 11.6 Å². The highest BCUT2D eigenvalue weighted by Crippen LogP contribution is 2.52. The molecule has 2 aliphatic heterocycles. The molecule has 1 saturated carbocycles. The molecule has 0 aromatic heterocycles. The zero-order valence-electron chi connectivity index (χ0n) is 12.8. The molecule has 0 radical (unpaired) electrons. The molecule has 1 aromatic carbocycles. The van der Waals surface area contributed by atoms with E-state index in [-0.39, 0.29) is 35.6 Å². The van der Waals surface area contributed by atoms with Crippen molar-refractivity contribution in [1.29, 1.82) is 0 Å². The van der Waals surface area contributed by atoms with E-state index in [1.807, 2.05) is 26.0 Å². The third-order valence-electron chi connectivity index (χ3n) is 5.55. The number of carbonyl (C=O) groups excluding carboxylic acids is 2. The van der Waals surface area contributed by atoms with Gasteiger partial charge in [0.25, 0.3) is 0 Å². The first-order valence-electron chi connectivity index (χ1n) is 7.83. The summed E-state index contributed by atoms with van der Waals surface area (Å²) in [5.74, 6) is 1.68. The van der Waals surface area contributed by atoms with Crippen molar-refractivity contribution in [3.63, 3.8) is 0 Å². The van der Waals surface area contributed by atoms with Gasteiger partial charge in [-0.2, -0.15) is 0 Å². The Labute approximate surface area is 130 Å². The van der Waals surface area contributed by atoms with Gasteiger partial charge in [0.15, 0.2) is 11.6 Å². The van der Waals surface area contributed by atoms with Crippen LogP contribution in [0.15, 0.2) is 12.1 Å². The quantitative estimate of drug-likeness (QED) is 0.590. The summed E-state index contributed by atoms with van der Waals surface area (Å²) in [6.45, 7) is 3.87. The van der Waals surface area contributed by atoms with Gasteiger partial charge in [-0.1, -0.05) is 5.92 Å². The number of ether oxygens (including phenoxy) is 1. The standard InChI is InChI=1S/C19H18O3/c1-4-11-7-9(2)14(10(3)8-11)17-18(20)15-12-5-6-13(22-12)16(15)19(17)21/h1,7-8,12-13,15-17H,5-6H2,2-3H3/t12-,13+,15?,16?,17?. The molecule has 2 saturated heterocycles. The van der Waals surface area contributed by atoms with Crippen molar-refractivity contribution in [2.75, 3.05) is 0 Å². The molecule has 2 heterocycles. The maximum atomic E-state index is 12.9. The molecular formula is C19H18O3. The average Bonchev–Trinajstić information content (AvgIpc) is 3.15. The summed E-state index contributed by atoms with van der Waals surface area (Å²) in [6, 6.07) is 3.78. The predicted octanol–water partition coefficient (Wildman–Crippen LogP) is 2.31. The molecule has 5 atom stereocenters. The van der Waals surface area contributed by atoms with E-state index in [0.29, 0.717) is 0 Å². The minimum absolute atomic E-state index is 0.0398. The Hall–Kier alpha value is -1.92. The monoisotopic (exact) mass is 294 g/mol. The maximum Gasteiger partial charge on any atom is 0.154 e. The fourth-order valence-electron chi connectivity index (χ4n) is 4.72. The molecule has 0 N–H and O–H groups in total. The first kappa shape index (κ1) is 13.7. The minimum Gasteiger partial charge on any atom is -0.373 e. The molecule has 22 heavy (non-hydrogen) atoms. The van der Waals surface area contributed by atoms with Crippen LogP contribution in [0.3, 0.4) is 0 Å². The summed E-state index contributed by atoms with van der Waals surface area (Å²) in [5.41, 5.74) is 3.53. The zero-order chi connectivity index (χ0) is 15.6. The van der Waals surface area contributed by atoms with Gasteiger partial charge in [0.05, 0.1) is 24.0 Å². The number of aryl methyl sites for hydroxylation is 2. The number of Topliss-reactive ketones (excluding diaryl/α,β-unsaturated/α-hetero) is 2. The van der Waals surface area contributed by atoms with E-state index in [0.717, 1.165) is 35.1 Å². The number of hydrogen-bond acceptors (Lipinski definition) is 3. The van der Waals surface area contributed by atoms with Crippen molar-refractivity contribution in [2.45, 2.75) is 44.8 Å². The third-order valence-corrected chi connectivity index (χ3v) is 5.55. The van der Waals surface area contributed by atoms with Gasteiger partial charge in [0.1, 0.15) is 5.92 Å². The molecule has 1 aromatic rings. The van der Waals surface area contributed by atoms with Gasteiger partial charge in [-0.15, -0.1) is 6.42 Å². The van der Waals surface area contributed by atoms with E-state index in [1.165, 1.54) is 0 Å². The van der Waals surface area contributed by atoms with E-state index in [1.54, 1.807) is 0 Å². The van der Waals surface area contributed by atoms with Crippen LogP contribution in [-0.2, 0) is 14.3 Å². The van der Waals surface area contributed by atoms with Gasteiger partial charge >= 0.3 is 0 Å². The molecule has 112 valence electrons. The highest BCUT2D eigenvalue weighted by atomic mass is 16.5. The van der Waals surface area contributed by atoms with E-state index in [4.69, 9.17) is 11.2 Å². The number of hydrogen-bond donors (Lipinski definition) is 0. The van der Waals surface area contributed by atoms with Gasteiger partial charge in [-0.05, 0) is 55.5 Å².